The Bertz CT molecular complexity index is 375. The molecule has 1 fully saturated rings. The highest BCUT2D eigenvalue weighted by Crippen LogP contribution is 2.24. The van der Waals surface area contributed by atoms with Crippen LogP contribution in [0.25, 0.3) is 0 Å². The topological polar surface area (TPSA) is 27.7 Å². The van der Waals surface area contributed by atoms with E-state index in [1.165, 1.54) is 0 Å². The number of hydrogen-bond acceptors (Lipinski definition) is 3. The number of benzene rings is 1. The molecule has 0 bridgehead atoms. The van der Waals surface area contributed by atoms with Crippen molar-refractivity contribution in [2.45, 2.75) is 19.4 Å². The molecule has 1 aromatic carbocycles. The van der Waals surface area contributed by atoms with Crippen molar-refractivity contribution < 1.29 is 14.2 Å². The highest BCUT2D eigenvalue weighted by molar-refractivity contribution is 9.10. The first-order valence-corrected chi connectivity index (χ1v) is 7.07. The van der Waals surface area contributed by atoms with Gasteiger partial charge in [-0.1, -0.05) is 15.9 Å². The summed E-state index contributed by atoms with van der Waals surface area (Å²) in [5.41, 5.74) is 1.13. The number of ether oxygens (including phenoxy) is 3. The van der Waals surface area contributed by atoms with Crippen LogP contribution in [0.15, 0.2) is 22.7 Å². The monoisotopic (exact) mass is 314 g/mol. The van der Waals surface area contributed by atoms with Gasteiger partial charge in [-0.15, -0.1) is 0 Å². The van der Waals surface area contributed by atoms with Crippen LogP contribution in [-0.4, -0.2) is 26.9 Å². The molecule has 4 heteroatoms. The van der Waals surface area contributed by atoms with Gasteiger partial charge in [-0.3, -0.25) is 0 Å². The van der Waals surface area contributed by atoms with Gasteiger partial charge in [0.15, 0.2) is 0 Å². The smallest absolute Gasteiger partial charge is 0.119 e. The van der Waals surface area contributed by atoms with E-state index < -0.39 is 0 Å². The predicted molar refractivity (Wildman–Crippen MR) is 73.9 cm³/mol. The second-order valence-electron chi connectivity index (χ2n) is 4.53. The lowest BCUT2D eigenvalue weighted by atomic mass is 10.0. The largest absolute Gasteiger partial charge is 0.497 e. The second kappa shape index (κ2) is 7.12. The van der Waals surface area contributed by atoms with Crippen LogP contribution in [-0.2, 0) is 16.1 Å². The molecular formula is C14H19BrO3. The van der Waals surface area contributed by atoms with Gasteiger partial charge in [0.05, 0.1) is 20.3 Å². The number of rotatable bonds is 5. The highest BCUT2D eigenvalue weighted by atomic mass is 79.9. The maximum Gasteiger partial charge on any atom is 0.119 e. The van der Waals surface area contributed by atoms with E-state index in [0.717, 1.165) is 48.4 Å². The van der Waals surface area contributed by atoms with Crippen LogP contribution < -0.4 is 4.74 Å². The molecule has 0 spiro atoms. The number of hydrogen-bond donors (Lipinski definition) is 0. The van der Waals surface area contributed by atoms with E-state index in [1.807, 2.05) is 18.2 Å². The van der Waals surface area contributed by atoms with Crippen LogP contribution in [0.2, 0.25) is 0 Å². The van der Waals surface area contributed by atoms with Gasteiger partial charge in [-0.2, -0.15) is 0 Å². The molecule has 2 rings (SSSR count). The molecule has 1 aliphatic rings. The van der Waals surface area contributed by atoms with Gasteiger partial charge in [-0.25, -0.2) is 0 Å². The lowest BCUT2D eigenvalue weighted by Crippen LogP contribution is -2.20. The molecule has 0 atom stereocenters. The van der Waals surface area contributed by atoms with Crippen molar-refractivity contribution in [2.24, 2.45) is 5.92 Å². The van der Waals surface area contributed by atoms with E-state index >= 15 is 0 Å². The van der Waals surface area contributed by atoms with E-state index in [4.69, 9.17) is 14.2 Å². The Hall–Kier alpha value is -0.580. The van der Waals surface area contributed by atoms with Crippen LogP contribution in [0, 0.1) is 5.92 Å². The van der Waals surface area contributed by atoms with Crippen LogP contribution in [0.4, 0.5) is 0 Å². The average molecular weight is 315 g/mol. The van der Waals surface area contributed by atoms with Crippen LogP contribution >= 0.6 is 15.9 Å². The Kier molecular flexibility index (Phi) is 5.47. The first-order chi connectivity index (χ1) is 8.79. The van der Waals surface area contributed by atoms with Crippen molar-refractivity contribution in [1.82, 2.24) is 0 Å². The predicted octanol–water partition coefficient (Wildman–Crippen LogP) is 3.40. The van der Waals surface area contributed by atoms with Crippen LogP contribution in [0.5, 0.6) is 5.75 Å². The maximum atomic E-state index is 5.80. The summed E-state index contributed by atoms with van der Waals surface area (Å²) in [6.07, 6.45) is 2.22. The van der Waals surface area contributed by atoms with E-state index in [1.54, 1.807) is 7.11 Å². The van der Waals surface area contributed by atoms with Gasteiger partial charge in [-0.05, 0) is 42.5 Å². The molecule has 0 aromatic heterocycles. The van der Waals surface area contributed by atoms with Gasteiger partial charge in [0.1, 0.15) is 5.75 Å². The summed E-state index contributed by atoms with van der Waals surface area (Å²) in [6.45, 7) is 3.18. The first kappa shape index (κ1) is 13.8. The summed E-state index contributed by atoms with van der Waals surface area (Å²) in [7, 11) is 1.68. The van der Waals surface area contributed by atoms with Gasteiger partial charge >= 0.3 is 0 Å². The van der Waals surface area contributed by atoms with Crippen molar-refractivity contribution in [3.8, 4) is 5.75 Å². The SMILES string of the molecule is COc1ccc(Br)c(COCC2CCOCC2)c1. The maximum absolute atomic E-state index is 5.80. The quantitative estimate of drug-likeness (QED) is 0.833. The fourth-order valence-corrected chi connectivity index (χ4v) is 2.40. The van der Waals surface area contributed by atoms with Gasteiger partial charge in [0.2, 0.25) is 0 Å². The zero-order valence-electron chi connectivity index (χ0n) is 10.7. The average Bonchev–Trinajstić information content (AvgIpc) is 2.42. The molecule has 1 heterocycles. The Labute approximate surface area is 117 Å². The number of methoxy groups -OCH3 is 1. The molecule has 0 aliphatic carbocycles. The fourth-order valence-electron chi connectivity index (χ4n) is 2.04. The first-order valence-electron chi connectivity index (χ1n) is 6.27. The Morgan fingerprint density at radius 3 is 2.83 bits per heavy atom. The molecule has 1 aromatic rings. The zero-order chi connectivity index (χ0) is 12.8. The Morgan fingerprint density at radius 1 is 1.33 bits per heavy atom. The normalized spacial score (nSPS) is 16.8. The second-order valence-corrected chi connectivity index (χ2v) is 5.38. The lowest BCUT2D eigenvalue weighted by molar-refractivity contribution is 0.0156. The summed E-state index contributed by atoms with van der Waals surface area (Å²) in [6, 6.07) is 5.94. The minimum absolute atomic E-state index is 0.620. The molecule has 0 unspecified atom stereocenters. The minimum Gasteiger partial charge on any atom is -0.497 e. The van der Waals surface area contributed by atoms with E-state index in [0.29, 0.717) is 12.5 Å². The van der Waals surface area contributed by atoms with Gasteiger partial charge < -0.3 is 14.2 Å². The van der Waals surface area contributed by atoms with Crippen LogP contribution in [0.3, 0.4) is 0 Å². The third-order valence-corrected chi connectivity index (χ3v) is 3.98. The number of halogens is 1. The van der Waals surface area contributed by atoms with Crippen molar-refractivity contribution >= 4 is 15.9 Å². The zero-order valence-corrected chi connectivity index (χ0v) is 12.2. The molecule has 0 radical (unpaired) electrons. The van der Waals surface area contributed by atoms with Crippen molar-refractivity contribution in [3.05, 3.63) is 28.2 Å². The molecular weight excluding hydrogens is 296 g/mol. The third kappa shape index (κ3) is 3.97. The molecule has 0 amide bonds. The summed E-state index contributed by atoms with van der Waals surface area (Å²) in [5, 5.41) is 0. The van der Waals surface area contributed by atoms with Crippen molar-refractivity contribution in [3.63, 3.8) is 0 Å². The van der Waals surface area contributed by atoms with Gasteiger partial charge in [0, 0.05) is 17.7 Å². The molecule has 1 saturated heterocycles. The molecule has 3 nitrogen and oxygen atoms in total. The molecule has 18 heavy (non-hydrogen) atoms. The Morgan fingerprint density at radius 2 is 2.11 bits per heavy atom. The van der Waals surface area contributed by atoms with Crippen LogP contribution in [0.1, 0.15) is 18.4 Å². The summed E-state index contributed by atoms with van der Waals surface area (Å²) < 4.78 is 17.4. The minimum atomic E-state index is 0.620. The third-order valence-electron chi connectivity index (χ3n) is 3.20. The molecule has 0 N–H and O–H groups in total. The van der Waals surface area contributed by atoms with Crippen molar-refractivity contribution in [1.29, 1.82) is 0 Å². The standard InChI is InChI=1S/C14H19BrO3/c1-16-13-2-3-14(15)12(8-13)10-18-9-11-4-6-17-7-5-11/h2-3,8,11H,4-7,9-10H2,1H3. The van der Waals surface area contributed by atoms with Gasteiger partial charge in [0.25, 0.3) is 0 Å². The fraction of sp³-hybridized carbons (Fsp3) is 0.571. The van der Waals surface area contributed by atoms with E-state index in [-0.39, 0.29) is 0 Å². The molecule has 1 aliphatic heterocycles. The Balaban J connectivity index is 1.81. The lowest BCUT2D eigenvalue weighted by Gasteiger charge is -2.21. The summed E-state index contributed by atoms with van der Waals surface area (Å²) in [5.74, 6) is 1.51. The summed E-state index contributed by atoms with van der Waals surface area (Å²) in [4.78, 5) is 0. The molecule has 100 valence electrons. The van der Waals surface area contributed by atoms with Crippen molar-refractivity contribution in [2.75, 3.05) is 26.9 Å². The van der Waals surface area contributed by atoms with E-state index in [2.05, 4.69) is 15.9 Å². The summed E-state index contributed by atoms with van der Waals surface area (Å²) >= 11 is 3.53. The molecule has 0 saturated carbocycles. The highest BCUT2D eigenvalue weighted by Gasteiger charge is 2.14. The van der Waals surface area contributed by atoms with E-state index in [9.17, 15) is 0 Å².